The summed E-state index contributed by atoms with van der Waals surface area (Å²) in [5.41, 5.74) is 5.17. The lowest BCUT2D eigenvalue weighted by Gasteiger charge is -2.06. The molecule has 1 unspecified atom stereocenters. The van der Waals surface area contributed by atoms with E-state index in [1.807, 2.05) is 0 Å². The summed E-state index contributed by atoms with van der Waals surface area (Å²) >= 11 is 0. The normalized spacial score (nSPS) is 16.2. The van der Waals surface area contributed by atoms with Gasteiger partial charge >= 0.3 is 0 Å². The van der Waals surface area contributed by atoms with Crippen LogP contribution in [0, 0.1) is 0 Å². The molecule has 4 heteroatoms. The molecular formula is C6H14NO2P. The molecule has 0 spiro atoms. The SMILES string of the molecule is C=CCP(=O)(O)CCCN. The van der Waals surface area contributed by atoms with Crippen LogP contribution in [-0.2, 0) is 4.57 Å². The van der Waals surface area contributed by atoms with E-state index in [-0.39, 0.29) is 6.16 Å². The highest BCUT2D eigenvalue weighted by Crippen LogP contribution is 2.40. The van der Waals surface area contributed by atoms with Crippen molar-refractivity contribution in [2.75, 3.05) is 18.9 Å². The van der Waals surface area contributed by atoms with Crippen LogP contribution in [-0.4, -0.2) is 23.8 Å². The minimum atomic E-state index is -2.91. The molecule has 0 heterocycles. The van der Waals surface area contributed by atoms with Gasteiger partial charge < -0.3 is 10.6 Å². The van der Waals surface area contributed by atoms with Gasteiger partial charge in [0.05, 0.1) is 0 Å². The van der Waals surface area contributed by atoms with Crippen LogP contribution in [0.2, 0.25) is 0 Å². The maximum absolute atomic E-state index is 11.0. The van der Waals surface area contributed by atoms with Crippen LogP contribution < -0.4 is 5.73 Å². The van der Waals surface area contributed by atoms with Crippen molar-refractivity contribution in [3.8, 4) is 0 Å². The molecule has 0 saturated carbocycles. The Morgan fingerprint density at radius 2 is 2.30 bits per heavy atom. The van der Waals surface area contributed by atoms with Gasteiger partial charge in [-0.3, -0.25) is 4.57 Å². The molecule has 0 saturated heterocycles. The molecule has 0 rings (SSSR count). The van der Waals surface area contributed by atoms with Crippen LogP contribution in [0.25, 0.3) is 0 Å². The third kappa shape index (κ3) is 4.74. The predicted molar refractivity (Wildman–Crippen MR) is 43.4 cm³/mol. The van der Waals surface area contributed by atoms with E-state index < -0.39 is 7.37 Å². The van der Waals surface area contributed by atoms with Crippen molar-refractivity contribution in [3.05, 3.63) is 12.7 Å². The minimum absolute atomic E-state index is 0.201. The molecule has 0 aromatic heterocycles. The van der Waals surface area contributed by atoms with Gasteiger partial charge in [0.25, 0.3) is 0 Å². The van der Waals surface area contributed by atoms with Gasteiger partial charge in [0.1, 0.15) is 0 Å². The lowest BCUT2D eigenvalue weighted by Crippen LogP contribution is -2.02. The zero-order chi connectivity index (χ0) is 8.04. The molecule has 0 aromatic rings. The van der Waals surface area contributed by atoms with E-state index in [9.17, 15) is 4.57 Å². The van der Waals surface area contributed by atoms with Gasteiger partial charge in [0, 0.05) is 12.3 Å². The highest BCUT2D eigenvalue weighted by Gasteiger charge is 2.13. The molecule has 1 atom stereocenters. The number of rotatable bonds is 5. The van der Waals surface area contributed by atoms with Gasteiger partial charge in [0.15, 0.2) is 0 Å². The molecule has 3 N–H and O–H groups in total. The molecule has 3 nitrogen and oxygen atoms in total. The summed E-state index contributed by atoms with van der Waals surface area (Å²) in [6.45, 7) is 3.86. The van der Waals surface area contributed by atoms with Gasteiger partial charge in [-0.15, -0.1) is 6.58 Å². The molecule has 0 bridgehead atoms. The zero-order valence-electron chi connectivity index (χ0n) is 5.99. The largest absolute Gasteiger partial charge is 0.344 e. The molecule has 0 aliphatic carbocycles. The Morgan fingerprint density at radius 1 is 1.70 bits per heavy atom. The van der Waals surface area contributed by atoms with E-state index in [4.69, 9.17) is 10.6 Å². The van der Waals surface area contributed by atoms with Gasteiger partial charge in [-0.25, -0.2) is 0 Å². The molecular weight excluding hydrogens is 149 g/mol. The fraction of sp³-hybridized carbons (Fsp3) is 0.667. The maximum Gasteiger partial charge on any atom is 0.204 e. The van der Waals surface area contributed by atoms with E-state index in [1.165, 1.54) is 6.08 Å². The summed E-state index contributed by atoms with van der Waals surface area (Å²) in [7, 11) is -2.91. The lowest BCUT2D eigenvalue weighted by molar-refractivity contribution is 0.479. The first-order valence-electron chi connectivity index (χ1n) is 3.24. The topological polar surface area (TPSA) is 63.3 Å². The summed E-state index contributed by atoms with van der Waals surface area (Å²) in [4.78, 5) is 9.07. The first kappa shape index (κ1) is 9.89. The van der Waals surface area contributed by atoms with Crippen molar-refractivity contribution in [3.63, 3.8) is 0 Å². The standard InChI is InChI=1S/C6H14NO2P/c1-2-5-10(8,9)6-3-4-7/h2H,1,3-7H2,(H,8,9). The summed E-state index contributed by atoms with van der Waals surface area (Å²) in [5.74, 6) is 0. The quantitative estimate of drug-likeness (QED) is 0.465. The molecule has 0 amide bonds. The van der Waals surface area contributed by atoms with Crippen LogP contribution in [0.4, 0.5) is 0 Å². The zero-order valence-corrected chi connectivity index (χ0v) is 6.89. The second kappa shape index (κ2) is 4.67. The van der Waals surface area contributed by atoms with Gasteiger partial charge in [-0.1, -0.05) is 6.08 Å². The van der Waals surface area contributed by atoms with E-state index in [2.05, 4.69) is 6.58 Å². The van der Waals surface area contributed by atoms with Gasteiger partial charge in [0.2, 0.25) is 7.37 Å². The molecule has 0 aliphatic heterocycles. The van der Waals surface area contributed by atoms with Crippen molar-refractivity contribution in [1.29, 1.82) is 0 Å². The van der Waals surface area contributed by atoms with Crippen molar-refractivity contribution < 1.29 is 9.46 Å². The van der Waals surface area contributed by atoms with E-state index in [1.54, 1.807) is 0 Å². The van der Waals surface area contributed by atoms with Crippen LogP contribution in [0.15, 0.2) is 12.7 Å². The number of allylic oxidation sites excluding steroid dienone is 1. The summed E-state index contributed by atoms with van der Waals surface area (Å²) in [6, 6.07) is 0. The molecule has 0 fully saturated rings. The van der Waals surface area contributed by atoms with Crippen molar-refractivity contribution in [2.45, 2.75) is 6.42 Å². The van der Waals surface area contributed by atoms with Gasteiger partial charge in [-0.2, -0.15) is 0 Å². The van der Waals surface area contributed by atoms with Crippen LogP contribution in [0.1, 0.15) is 6.42 Å². The molecule has 0 radical (unpaired) electrons. The Bertz CT molecular complexity index is 147. The molecule has 60 valence electrons. The lowest BCUT2D eigenvalue weighted by atomic mass is 10.5. The fourth-order valence-corrected chi connectivity index (χ4v) is 1.89. The summed E-state index contributed by atoms with van der Waals surface area (Å²) in [6.07, 6.45) is 2.60. The first-order chi connectivity index (χ1) is 4.62. The molecule has 0 aliphatic rings. The van der Waals surface area contributed by atoms with Gasteiger partial charge in [-0.05, 0) is 13.0 Å². The summed E-state index contributed by atoms with van der Waals surface area (Å²) < 4.78 is 11.0. The smallest absolute Gasteiger partial charge is 0.204 e. The molecule has 0 aromatic carbocycles. The Labute approximate surface area is 61.4 Å². The van der Waals surface area contributed by atoms with Crippen LogP contribution in [0.5, 0.6) is 0 Å². The Kier molecular flexibility index (Phi) is 4.62. The Balaban J connectivity index is 3.63. The summed E-state index contributed by atoms with van der Waals surface area (Å²) in [5, 5.41) is 0. The highest BCUT2D eigenvalue weighted by atomic mass is 31.2. The monoisotopic (exact) mass is 163 g/mol. The van der Waals surface area contributed by atoms with Crippen molar-refractivity contribution >= 4 is 7.37 Å². The number of hydrogen-bond donors (Lipinski definition) is 2. The Hall–Kier alpha value is -0.110. The Morgan fingerprint density at radius 3 is 2.70 bits per heavy atom. The van der Waals surface area contributed by atoms with Crippen molar-refractivity contribution in [2.24, 2.45) is 5.73 Å². The van der Waals surface area contributed by atoms with E-state index in [0.717, 1.165) is 0 Å². The first-order valence-corrected chi connectivity index (χ1v) is 5.27. The number of hydrogen-bond acceptors (Lipinski definition) is 2. The van der Waals surface area contributed by atoms with Crippen molar-refractivity contribution in [1.82, 2.24) is 0 Å². The third-order valence-electron chi connectivity index (χ3n) is 1.13. The molecule has 10 heavy (non-hydrogen) atoms. The average Bonchev–Trinajstić information content (AvgIpc) is 1.84. The maximum atomic E-state index is 11.0. The van der Waals surface area contributed by atoms with Crippen LogP contribution in [0.3, 0.4) is 0 Å². The van der Waals surface area contributed by atoms with E-state index >= 15 is 0 Å². The second-order valence-corrected chi connectivity index (χ2v) is 4.69. The van der Waals surface area contributed by atoms with Crippen LogP contribution >= 0.6 is 7.37 Å². The fourth-order valence-electron chi connectivity index (χ4n) is 0.631. The third-order valence-corrected chi connectivity index (χ3v) is 2.97. The number of nitrogens with two attached hydrogens (primary N) is 1. The second-order valence-electron chi connectivity index (χ2n) is 2.18. The average molecular weight is 163 g/mol. The minimum Gasteiger partial charge on any atom is -0.344 e. The predicted octanol–water partition coefficient (Wildman–Crippen LogP) is 0.792. The van der Waals surface area contributed by atoms with E-state index in [0.29, 0.717) is 19.1 Å². The highest BCUT2D eigenvalue weighted by molar-refractivity contribution is 7.58.